The number of ether oxygens (including phenoxy) is 1. The molecule has 6 heteroatoms. The fraction of sp³-hybridized carbons (Fsp3) is 0.125. The molecule has 4 nitrogen and oxygen atoms in total. The highest BCUT2D eigenvalue weighted by Gasteiger charge is 2.09. The second kappa shape index (κ2) is 4.52. The van der Waals surface area contributed by atoms with Crippen molar-refractivity contribution in [2.24, 2.45) is 5.84 Å². The average molecular weight is 202 g/mol. The number of halogens is 2. The molecule has 0 aliphatic heterocycles. The predicted molar refractivity (Wildman–Crippen MR) is 46.3 cm³/mol. The predicted octanol–water partition coefficient (Wildman–Crippen LogP) is 1.39. The Labute approximate surface area is 78.6 Å². The molecule has 0 aliphatic carbocycles. The molecule has 0 radical (unpaired) electrons. The van der Waals surface area contributed by atoms with Gasteiger partial charge in [-0.25, -0.2) is 0 Å². The maximum atomic E-state index is 11.8. The van der Waals surface area contributed by atoms with E-state index in [2.05, 4.69) is 10.2 Å². The highest BCUT2D eigenvalue weighted by atomic mass is 19.3. The number of hydrazine groups is 1. The number of alkyl halides is 2. The van der Waals surface area contributed by atoms with Crippen LogP contribution in [0.3, 0.4) is 0 Å². The molecular formula is C8H8F2N2O2. The Hall–Kier alpha value is -1.69. The lowest BCUT2D eigenvalue weighted by molar-refractivity contribution is -0.0500. The summed E-state index contributed by atoms with van der Waals surface area (Å²) in [5.41, 5.74) is 2.73. The highest BCUT2D eigenvalue weighted by molar-refractivity contribution is 5.81. The van der Waals surface area contributed by atoms with Gasteiger partial charge < -0.3 is 10.2 Å². The standard InChI is InChI=1S/C8H8F2N2O2/c9-8(10)14-7-2-1-6(12-11)3-5(7)4-13/h1-4,8,12H,11H2. The van der Waals surface area contributed by atoms with Gasteiger partial charge in [0.2, 0.25) is 0 Å². The van der Waals surface area contributed by atoms with Crippen molar-refractivity contribution in [2.75, 3.05) is 5.43 Å². The lowest BCUT2D eigenvalue weighted by Crippen LogP contribution is -2.08. The van der Waals surface area contributed by atoms with Crippen molar-refractivity contribution in [1.29, 1.82) is 0 Å². The van der Waals surface area contributed by atoms with Crippen LogP contribution in [0.5, 0.6) is 5.75 Å². The van der Waals surface area contributed by atoms with Crippen LogP contribution in [0.2, 0.25) is 0 Å². The minimum atomic E-state index is -2.95. The van der Waals surface area contributed by atoms with Gasteiger partial charge in [-0.1, -0.05) is 0 Å². The van der Waals surface area contributed by atoms with E-state index in [4.69, 9.17) is 5.84 Å². The van der Waals surface area contributed by atoms with Crippen molar-refractivity contribution in [3.63, 3.8) is 0 Å². The maximum absolute atomic E-state index is 11.8. The van der Waals surface area contributed by atoms with Crippen LogP contribution >= 0.6 is 0 Å². The van der Waals surface area contributed by atoms with Gasteiger partial charge in [0.25, 0.3) is 0 Å². The van der Waals surface area contributed by atoms with E-state index >= 15 is 0 Å². The normalized spacial score (nSPS) is 10.0. The molecule has 0 saturated heterocycles. The Kier molecular flexibility index (Phi) is 3.35. The van der Waals surface area contributed by atoms with E-state index < -0.39 is 6.61 Å². The van der Waals surface area contributed by atoms with Crippen molar-refractivity contribution >= 4 is 12.0 Å². The van der Waals surface area contributed by atoms with E-state index in [1.54, 1.807) is 0 Å². The molecule has 0 heterocycles. The second-order valence-corrected chi connectivity index (χ2v) is 2.39. The van der Waals surface area contributed by atoms with Gasteiger partial charge >= 0.3 is 6.61 Å². The van der Waals surface area contributed by atoms with Crippen LogP contribution in [-0.4, -0.2) is 12.9 Å². The Morgan fingerprint density at radius 2 is 2.21 bits per heavy atom. The molecular weight excluding hydrogens is 194 g/mol. The smallest absolute Gasteiger partial charge is 0.387 e. The van der Waals surface area contributed by atoms with Gasteiger partial charge in [-0.2, -0.15) is 8.78 Å². The number of nitrogen functional groups attached to an aromatic ring is 1. The summed E-state index contributed by atoms with van der Waals surface area (Å²) in [5.74, 6) is 4.90. The molecule has 14 heavy (non-hydrogen) atoms. The van der Waals surface area contributed by atoms with E-state index in [9.17, 15) is 13.6 Å². The summed E-state index contributed by atoms with van der Waals surface area (Å²) < 4.78 is 27.8. The molecule has 0 saturated carbocycles. The number of benzene rings is 1. The number of carbonyl (C=O) groups is 1. The summed E-state index contributed by atoms with van der Waals surface area (Å²) in [5, 5.41) is 0. The van der Waals surface area contributed by atoms with Gasteiger partial charge in [-0.3, -0.25) is 10.6 Å². The van der Waals surface area contributed by atoms with E-state index in [0.29, 0.717) is 12.0 Å². The van der Waals surface area contributed by atoms with Crippen LogP contribution in [0.1, 0.15) is 10.4 Å². The van der Waals surface area contributed by atoms with Crippen LogP contribution in [0.25, 0.3) is 0 Å². The van der Waals surface area contributed by atoms with Crippen molar-refractivity contribution < 1.29 is 18.3 Å². The molecule has 0 bridgehead atoms. The molecule has 0 spiro atoms. The molecule has 0 fully saturated rings. The van der Waals surface area contributed by atoms with E-state index in [-0.39, 0.29) is 11.3 Å². The Morgan fingerprint density at radius 1 is 1.50 bits per heavy atom. The SMILES string of the molecule is NNc1ccc(OC(F)F)c(C=O)c1. The fourth-order valence-corrected chi connectivity index (χ4v) is 0.934. The van der Waals surface area contributed by atoms with Gasteiger partial charge in [0, 0.05) is 5.69 Å². The lowest BCUT2D eigenvalue weighted by atomic mass is 10.2. The number of rotatable bonds is 4. The molecule has 0 atom stereocenters. The molecule has 0 aliphatic rings. The first-order chi connectivity index (χ1) is 6.67. The van der Waals surface area contributed by atoms with Crippen molar-refractivity contribution in [3.05, 3.63) is 23.8 Å². The number of nitrogens with one attached hydrogen (secondary N) is 1. The first kappa shape index (κ1) is 10.4. The summed E-state index contributed by atoms with van der Waals surface area (Å²) in [7, 11) is 0. The molecule has 0 amide bonds. The summed E-state index contributed by atoms with van der Waals surface area (Å²) in [4.78, 5) is 10.5. The van der Waals surface area contributed by atoms with Gasteiger partial charge in [0.05, 0.1) is 5.56 Å². The zero-order chi connectivity index (χ0) is 10.6. The highest BCUT2D eigenvalue weighted by Crippen LogP contribution is 2.22. The van der Waals surface area contributed by atoms with E-state index in [1.165, 1.54) is 18.2 Å². The number of anilines is 1. The topological polar surface area (TPSA) is 64.3 Å². The third kappa shape index (κ3) is 2.40. The van der Waals surface area contributed by atoms with E-state index in [1.807, 2.05) is 0 Å². The van der Waals surface area contributed by atoms with Crippen LogP contribution in [-0.2, 0) is 0 Å². The van der Waals surface area contributed by atoms with Crippen molar-refractivity contribution in [1.82, 2.24) is 0 Å². The number of nitrogens with two attached hydrogens (primary N) is 1. The van der Waals surface area contributed by atoms with Crippen LogP contribution < -0.4 is 16.0 Å². The van der Waals surface area contributed by atoms with Crippen LogP contribution in [0.4, 0.5) is 14.5 Å². The lowest BCUT2D eigenvalue weighted by Gasteiger charge is -2.08. The number of carbonyl (C=O) groups excluding carboxylic acids is 1. The minimum Gasteiger partial charge on any atom is -0.434 e. The monoisotopic (exact) mass is 202 g/mol. The Bertz CT molecular complexity index is 331. The molecule has 1 aromatic carbocycles. The Morgan fingerprint density at radius 3 is 2.71 bits per heavy atom. The van der Waals surface area contributed by atoms with Crippen LogP contribution in [0.15, 0.2) is 18.2 Å². The van der Waals surface area contributed by atoms with Crippen molar-refractivity contribution in [3.8, 4) is 5.75 Å². The molecule has 0 unspecified atom stereocenters. The number of aldehydes is 1. The first-order valence-corrected chi connectivity index (χ1v) is 3.68. The largest absolute Gasteiger partial charge is 0.434 e. The van der Waals surface area contributed by atoms with Gasteiger partial charge in [-0.15, -0.1) is 0 Å². The average Bonchev–Trinajstić information content (AvgIpc) is 2.17. The summed E-state index contributed by atoms with van der Waals surface area (Å²) in [6.45, 7) is -2.95. The third-order valence-electron chi connectivity index (χ3n) is 1.52. The fourth-order valence-electron chi connectivity index (χ4n) is 0.934. The van der Waals surface area contributed by atoms with Gasteiger partial charge in [0.1, 0.15) is 5.75 Å². The summed E-state index contributed by atoms with van der Waals surface area (Å²) in [6, 6.07) is 3.97. The second-order valence-electron chi connectivity index (χ2n) is 2.39. The number of hydrogen-bond donors (Lipinski definition) is 2. The summed E-state index contributed by atoms with van der Waals surface area (Å²) >= 11 is 0. The van der Waals surface area contributed by atoms with Crippen LogP contribution in [0, 0.1) is 0 Å². The molecule has 3 N–H and O–H groups in total. The number of hydrogen-bond acceptors (Lipinski definition) is 4. The zero-order valence-corrected chi connectivity index (χ0v) is 7.04. The molecule has 76 valence electrons. The van der Waals surface area contributed by atoms with E-state index in [0.717, 1.165) is 0 Å². The summed E-state index contributed by atoms with van der Waals surface area (Å²) in [6.07, 6.45) is 0.415. The maximum Gasteiger partial charge on any atom is 0.387 e. The third-order valence-corrected chi connectivity index (χ3v) is 1.52. The van der Waals surface area contributed by atoms with Crippen molar-refractivity contribution in [2.45, 2.75) is 6.61 Å². The first-order valence-electron chi connectivity index (χ1n) is 3.68. The Balaban J connectivity index is 2.99. The minimum absolute atomic E-state index is 0.0146. The van der Waals surface area contributed by atoms with Gasteiger partial charge in [0.15, 0.2) is 6.29 Å². The molecule has 0 aromatic heterocycles. The quantitative estimate of drug-likeness (QED) is 0.440. The van der Waals surface area contributed by atoms with Gasteiger partial charge in [-0.05, 0) is 18.2 Å². The molecule has 1 aromatic rings. The molecule has 1 rings (SSSR count). The zero-order valence-electron chi connectivity index (χ0n) is 7.04.